The van der Waals surface area contributed by atoms with Crippen LogP contribution in [-0.2, 0) is 9.59 Å². The Morgan fingerprint density at radius 2 is 1.04 bits per heavy atom. The number of hydrogen-bond donors (Lipinski definition) is 0. The fraction of sp³-hybridized carbons (Fsp3) is 0.810. The largest absolute Gasteiger partial charge is 0.323 e. The summed E-state index contributed by atoms with van der Waals surface area (Å²) in [5.74, 6) is 0.119. The fourth-order valence-corrected chi connectivity index (χ4v) is 3.63. The van der Waals surface area contributed by atoms with Crippen LogP contribution in [0.5, 0.6) is 0 Å². The van der Waals surface area contributed by atoms with Gasteiger partial charge in [0.25, 0.3) is 5.91 Å². The number of nitrogens with zero attached hydrogens (tertiary/aromatic N) is 1. The second-order valence-electron chi connectivity index (χ2n) is 11.2. The van der Waals surface area contributed by atoms with E-state index in [1.165, 1.54) is 0 Å². The molecular formula is C21H37NO2. The Labute approximate surface area is 148 Å². The van der Waals surface area contributed by atoms with E-state index in [2.05, 4.69) is 0 Å². The van der Waals surface area contributed by atoms with Gasteiger partial charge in [0.2, 0.25) is 0 Å². The molecular weight excluding hydrogens is 298 g/mol. The summed E-state index contributed by atoms with van der Waals surface area (Å²) < 4.78 is 0. The molecule has 3 nitrogen and oxygen atoms in total. The maximum Gasteiger partial charge on any atom is 0.251 e. The van der Waals surface area contributed by atoms with Crippen LogP contribution in [-0.4, -0.2) is 28.2 Å². The number of ketones is 1. The molecule has 1 unspecified atom stereocenters. The lowest BCUT2D eigenvalue weighted by atomic mass is 9.65. The fourth-order valence-electron chi connectivity index (χ4n) is 3.63. The van der Waals surface area contributed by atoms with Crippen molar-refractivity contribution in [3.63, 3.8) is 0 Å². The Hall–Kier alpha value is -1.12. The first-order valence-corrected chi connectivity index (χ1v) is 8.94. The monoisotopic (exact) mass is 335 g/mol. The smallest absolute Gasteiger partial charge is 0.251 e. The van der Waals surface area contributed by atoms with Crippen LogP contribution in [0.4, 0.5) is 0 Å². The van der Waals surface area contributed by atoms with Crippen LogP contribution < -0.4 is 0 Å². The molecule has 1 heterocycles. The van der Waals surface area contributed by atoms with Crippen molar-refractivity contribution in [2.75, 3.05) is 0 Å². The summed E-state index contributed by atoms with van der Waals surface area (Å²) in [4.78, 5) is 29.0. The molecule has 1 rings (SSSR count). The standard InChI is InChI=1S/C21H37NO2/c1-18(2,3)13-14(19(4,5)6)17(24)22(21(10,11)12)16(15(13)23)20(7,8)9/h16H,1-12H3. The molecule has 0 aromatic heterocycles. The Bertz CT molecular complexity index is 517. The van der Waals surface area contributed by atoms with Crippen molar-refractivity contribution in [3.05, 3.63) is 11.1 Å². The average Bonchev–Trinajstić information content (AvgIpc) is 2.24. The third-order valence-corrected chi connectivity index (χ3v) is 4.48. The number of amides is 1. The van der Waals surface area contributed by atoms with E-state index in [0.29, 0.717) is 11.1 Å². The van der Waals surface area contributed by atoms with Gasteiger partial charge in [0, 0.05) is 16.7 Å². The second-order valence-corrected chi connectivity index (χ2v) is 11.2. The summed E-state index contributed by atoms with van der Waals surface area (Å²) in [6.45, 7) is 24.4. The van der Waals surface area contributed by atoms with E-state index in [1.54, 1.807) is 0 Å². The molecule has 0 bridgehead atoms. The van der Waals surface area contributed by atoms with Gasteiger partial charge in [-0.2, -0.15) is 0 Å². The average molecular weight is 336 g/mol. The predicted octanol–water partition coefficient (Wildman–Crippen LogP) is 5.00. The summed E-state index contributed by atoms with van der Waals surface area (Å²) >= 11 is 0. The molecule has 1 aliphatic heterocycles. The lowest BCUT2D eigenvalue weighted by Crippen LogP contribution is -2.64. The summed E-state index contributed by atoms with van der Waals surface area (Å²) in [6.07, 6.45) is 0. The van der Waals surface area contributed by atoms with Gasteiger partial charge in [-0.25, -0.2) is 0 Å². The Balaban J connectivity index is 3.90. The molecule has 0 saturated carbocycles. The number of hydrogen-bond acceptors (Lipinski definition) is 2. The summed E-state index contributed by atoms with van der Waals surface area (Å²) in [5.41, 5.74) is -0.0782. The zero-order valence-corrected chi connectivity index (χ0v) is 17.8. The quantitative estimate of drug-likeness (QED) is 0.624. The summed E-state index contributed by atoms with van der Waals surface area (Å²) in [7, 11) is 0. The van der Waals surface area contributed by atoms with Crippen LogP contribution in [0.1, 0.15) is 83.1 Å². The molecule has 0 aromatic carbocycles. The number of carbonyl (C=O) groups is 2. The van der Waals surface area contributed by atoms with Crippen LogP contribution in [0.3, 0.4) is 0 Å². The molecule has 3 heteroatoms. The van der Waals surface area contributed by atoms with E-state index >= 15 is 0 Å². The number of Topliss-reactive ketones (excluding diaryl/α,β-unsaturated/α-hetero) is 1. The third-order valence-electron chi connectivity index (χ3n) is 4.48. The maximum atomic E-state index is 13.6. The van der Waals surface area contributed by atoms with Gasteiger partial charge in [0.15, 0.2) is 5.78 Å². The normalized spacial score (nSPS) is 21.7. The highest BCUT2D eigenvalue weighted by Crippen LogP contribution is 2.46. The molecule has 0 saturated heterocycles. The van der Waals surface area contributed by atoms with Crippen LogP contribution >= 0.6 is 0 Å². The number of rotatable bonds is 0. The number of carbonyl (C=O) groups excluding carboxylic acids is 2. The molecule has 0 aromatic rings. The summed E-state index contributed by atoms with van der Waals surface area (Å²) in [5, 5.41) is 0. The maximum absolute atomic E-state index is 13.6. The SMILES string of the molecule is CC(C)(C)C1=C(C(C)(C)C)C(=O)N(C(C)(C)C)C(C(C)(C)C)C1=O. The lowest BCUT2D eigenvalue weighted by Gasteiger charge is -2.52. The highest BCUT2D eigenvalue weighted by atomic mass is 16.2. The molecule has 0 N–H and O–H groups in total. The highest BCUT2D eigenvalue weighted by Gasteiger charge is 2.53. The van der Waals surface area contributed by atoms with Crippen molar-refractivity contribution in [2.24, 2.45) is 16.2 Å². The predicted molar refractivity (Wildman–Crippen MR) is 101 cm³/mol. The van der Waals surface area contributed by atoms with E-state index in [9.17, 15) is 9.59 Å². The van der Waals surface area contributed by atoms with Crippen molar-refractivity contribution in [3.8, 4) is 0 Å². The van der Waals surface area contributed by atoms with Crippen molar-refractivity contribution in [2.45, 2.75) is 94.7 Å². The first kappa shape index (κ1) is 20.9. The van der Waals surface area contributed by atoms with E-state index in [1.807, 2.05) is 88.0 Å². The first-order valence-electron chi connectivity index (χ1n) is 8.94. The zero-order valence-electron chi connectivity index (χ0n) is 17.8. The van der Waals surface area contributed by atoms with E-state index in [0.717, 1.165) is 0 Å². The van der Waals surface area contributed by atoms with Gasteiger partial charge in [-0.3, -0.25) is 9.59 Å². The minimum atomic E-state index is -0.440. The highest BCUT2D eigenvalue weighted by molar-refractivity contribution is 6.14. The van der Waals surface area contributed by atoms with Crippen molar-refractivity contribution < 1.29 is 9.59 Å². The molecule has 1 aliphatic rings. The summed E-state index contributed by atoms with van der Waals surface area (Å²) in [6, 6.07) is -0.440. The van der Waals surface area contributed by atoms with Gasteiger partial charge in [-0.05, 0) is 37.0 Å². The van der Waals surface area contributed by atoms with Crippen LogP contribution in [0, 0.1) is 16.2 Å². The Morgan fingerprint density at radius 1 is 0.667 bits per heavy atom. The molecule has 1 amide bonds. The van der Waals surface area contributed by atoms with Gasteiger partial charge < -0.3 is 4.90 Å². The first-order chi connectivity index (χ1) is 10.3. The van der Waals surface area contributed by atoms with E-state index in [4.69, 9.17) is 0 Å². The van der Waals surface area contributed by atoms with Crippen molar-refractivity contribution in [1.29, 1.82) is 0 Å². The topological polar surface area (TPSA) is 37.4 Å². The van der Waals surface area contributed by atoms with E-state index < -0.39 is 11.6 Å². The van der Waals surface area contributed by atoms with Crippen LogP contribution in [0.2, 0.25) is 0 Å². The molecule has 0 aliphatic carbocycles. The van der Waals surface area contributed by atoms with Gasteiger partial charge in [0.1, 0.15) is 6.04 Å². The Morgan fingerprint density at radius 3 is 1.29 bits per heavy atom. The molecule has 0 radical (unpaired) electrons. The van der Waals surface area contributed by atoms with Gasteiger partial charge >= 0.3 is 0 Å². The molecule has 0 spiro atoms. The van der Waals surface area contributed by atoms with Gasteiger partial charge in [-0.1, -0.05) is 62.3 Å². The van der Waals surface area contributed by atoms with Crippen LogP contribution in [0.15, 0.2) is 11.1 Å². The molecule has 24 heavy (non-hydrogen) atoms. The second kappa shape index (κ2) is 5.71. The van der Waals surface area contributed by atoms with Crippen molar-refractivity contribution in [1.82, 2.24) is 4.90 Å². The Kier molecular flexibility index (Phi) is 4.98. The molecule has 1 atom stereocenters. The van der Waals surface area contributed by atoms with Gasteiger partial charge in [0.05, 0.1) is 0 Å². The van der Waals surface area contributed by atoms with Crippen molar-refractivity contribution >= 4 is 11.7 Å². The third kappa shape index (κ3) is 3.75. The van der Waals surface area contributed by atoms with E-state index in [-0.39, 0.29) is 27.9 Å². The zero-order chi connectivity index (χ0) is 19.5. The van der Waals surface area contributed by atoms with Gasteiger partial charge in [-0.15, -0.1) is 0 Å². The molecule has 0 fully saturated rings. The van der Waals surface area contributed by atoms with Crippen LogP contribution in [0.25, 0.3) is 0 Å². The molecule has 138 valence electrons. The minimum absolute atomic E-state index is 0.0134. The lowest BCUT2D eigenvalue weighted by molar-refractivity contribution is -0.149. The minimum Gasteiger partial charge on any atom is -0.323 e.